The highest BCUT2D eigenvalue weighted by Crippen LogP contribution is 2.38. The van der Waals surface area contributed by atoms with Crippen molar-refractivity contribution in [1.82, 2.24) is 9.88 Å². The highest BCUT2D eigenvalue weighted by atomic mass is 32.1. The first-order valence-corrected chi connectivity index (χ1v) is 9.96. The van der Waals surface area contributed by atoms with Gasteiger partial charge in [0, 0.05) is 25.8 Å². The molecule has 1 aliphatic rings. The highest BCUT2D eigenvalue weighted by molar-refractivity contribution is 7.15. The predicted molar refractivity (Wildman–Crippen MR) is 107 cm³/mol. The van der Waals surface area contributed by atoms with E-state index >= 15 is 0 Å². The van der Waals surface area contributed by atoms with E-state index in [2.05, 4.69) is 65.3 Å². The quantitative estimate of drug-likeness (QED) is 0.735. The van der Waals surface area contributed by atoms with Gasteiger partial charge in [0.15, 0.2) is 0 Å². The Balaban J connectivity index is 1.43. The van der Waals surface area contributed by atoms with Crippen molar-refractivity contribution >= 4 is 11.3 Å². The number of aryl methyl sites for hydroxylation is 1. The Kier molecular flexibility index (Phi) is 4.90. The summed E-state index contributed by atoms with van der Waals surface area (Å²) in [6.07, 6.45) is 3.38. The average Bonchev–Trinajstić information content (AvgIpc) is 3.16. The molecule has 3 aromatic rings. The number of aliphatic hydroxyl groups is 1. The van der Waals surface area contributed by atoms with Crippen LogP contribution in [0.25, 0.3) is 10.4 Å². The van der Waals surface area contributed by atoms with E-state index < -0.39 is 5.60 Å². The van der Waals surface area contributed by atoms with E-state index in [-0.39, 0.29) is 0 Å². The molecule has 1 fully saturated rings. The van der Waals surface area contributed by atoms with Crippen LogP contribution in [0.3, 0.4) is 0 Å². The number of hydrogen-bond donors (Lipinski definition) is 1. The fourth-order valence-electron chi connectivity index (χ4n) is 3.48. The molecule has 2 aromatic carbocycles. The summed E-state index contributed by atoms with van der Waals surface area (Å²) < 4.78 is 0. The molecular weight excluding hydrogens is 340 g/mol. The van der Waals surface area contributed by atoms with Gasteiger partial charge in [0.25, 0.3) is 0 Å². The molecule has 1 saturated heterocycles. The fraction of sp³-hybridized carbons (Fsp3) is 0.318. The van der Waals surface area contributed by atoms with Crippen LogP contribution in [0.4, 0.5) is 0 Å². The van der Waals surface area contributed by atoms with Crippen molar-refractivity contribution in [2.24, 2.45) is 0 Å². The number of piperidine rings is 1. The van der Waals surface area contributed by atoms with Crippen molar-refractivity contribution in [1.29, 1.82) is 0 Å². The normalized spacial score (nSPS) is 17.3. The molecule has 0 atom stereocenters. The number of nitrogens with zero attached hydrogens (tertiary/aromatic N) is 2. The molecule has 0 bridgehead atoms. The van der Waals surface area contributed by atoms with Crippen LogP contribution in [0.2, 0.25) is 0 Å². The van der Waals surface area contributed by atoms with E-state index in [0.29, 0.717) is 0 Å². The third kappa shape index (κ3) is 3.73. The summed E-state index contributed by atoms with van der Waals surface area (Å²) in [6, 6.07) is 19.0. The maximum Gasteiger partial charge on any atom is 0.125 e. The first-order valence-electron chi connectivity index (χ1n) is 9.14. The van der Waals surface area contributed by atoms with Crippen molar-refractivity contribution in [2.45, 2.75) is 31.9 Å². The molecule has 4 rings (SSSR count). The van der Waals surface area contributed by atoms with Gasteiger partial charge in [-0.15, -0.1) is 11.3 Å². The Labute approximate surface area is 159 Å². The SMILES string of the molecule is Cc1ccc(-c2cnc(C3(O)CCN(Cc4ccccc4)CC3)s2)cc1. The van der Waals surface area contributed by atoms with Crippen molar-refractivity contribution in [3.05, 3.63) is 76.9 Å². The molecule has 0 spiro atoms. The zero-order valence-corrected chi connectivity index (χ0v) is 15.9. The maximum absolute atomic E-state index is 11.2. The largest absolute Gasteiger partial charge is 0.383 e. The van der Waals surface area contributed by atoms with E-state index in [4.69, 9.17) is 0 Å². The molecule has 0 saturated carbocycles. The fourth-order valence-corrected chi connectivity index (χ4v) is 4.54. The topological polar surface area (TPSA) is 36.4 Å². The van der Waals surface area contributed by atoms with Gasteiger partial charge in [-0.05, 0) is 30.9 Å². The van der Waals surface area contributed by atoms with Crippen LogP contribution in [-0.4, -0.2) is 28.1 Å². The molecule has 0 radical (unpaired) electrons. The number of hydrogen-bond acceptors (Lipinski definition) is 4. The maximum atomic E-state index is 11.2. The van der Waals surface area contributed by atoms with Gasteiger partial charge in [0.2, 0.25) is 0 Å². The molecule has 1 aromatic heterocycles. The third-order valence-corrected chi connectivity index (χ3v) is 6.41. The van der Waals surface area contributed by atoms with Crippen LogP contribution < -0.4 is 0 Å². The Morgan fingerprint density at radius 3 is 2.42 bits per heavy atom. The van der Waals surface area contributed by atoms with Crippen molar-refractivity contribution in [3.63, 3.8) is 0 Å². The number of benzene rings is 2. The van der Waals surface area contributed by atoms with E-state index in [1.807, 2.05) is 12.3 Å². The molecule has 2 heterocycles. The van der Waals surface area contributed by atoms with Crippen LogP contribution in [0.15, 0.2) is 60.8 Å². The third-order valence-electron chi connectivity index (χ3n) is 5.17. The molecule has 26 heavy (non-hydrogen) atoms. The van der Waals surface area contributed by atoms with Crippen LogP contribution in [0.5, 0.6) is 0 Å². The molecule has 3 nitrogen and oxygen atoms in total. The molecule has 134 valence electrons. The lowest BCUT2D eigenvalue weighted by Crippen LogP contribution is -2.42. The zero-order chi connectivity index (χ0) is 18.0. The van der Waals surface area contributed by atoms with Crippen molar-refractivity contribution in [3.8, 4) is 10.4 Å². The number of aromatic nitrogens is 1. The summed E-state index contributed by atoms with van der Waals surface area (Å²) in [5.74, 6) is 0. The summed E-state index contributed by atoms with van der Waals surface area (Å²) in [4.78, 5) is 8.11. The second kappa shape index (κ2) is 7.31. The molecule has 4 heteroatoms. The van der Waals surface area contributed by atoms with Gasteiger partial charge < -0.3 is 5.11 Å². The monoisotopic (exact) mass is 364 g/mol. The van der Waals surface area contributed by atoms with Gasteiger partial charge in [-0.2, -0.15) is 0 Å². The summed E-state index contributed by atoms with van der Waals surface area (Å²) in [5, 5.41) is 12.0. The minimum Gasteiger partial charge on any atom is -0.383 e. The van der Waals surface area contributed by atoms with Gasteiger partial charge in [0.05, 0.1) is 4.88 Å². The van der Waals surface area contributed by atoms with Gasteiger partial charge in [-0.25, -0.2) is 4.98 Å². The summed E-state index contributed by atoms with van der Waals surface area (Å²) in [7, 11) is 0. The summed E-state index contributed by atoms with van der Waals surface area (Å²) in [6.45, 7) is 4.83. The van der Waals surface area contributed by atoms with Crippen LogP contribution >= 0.6 is 11.3 Å². The molecular formula is C22H24N2OS. The number of rotatable bonds is 4. The van der Waals surface area contributed by atoms with Gasteiger partial charge >= 0.3 is 0 Å². The lowest BCUT2D eigenvalue weighted by molar-refractivity contribution is -0.0278. The first kappa shape index (κ1) is 17.4. The van der Waals surface area contributed by atoms with E-state index in [9.17, 15) is 5.11 Å². The lowest BCUT2D eigenvalue weighted by atomic mass is 9.92. The Morgan fingerprint density at radius 2 is 1.73 bits per heavy atom. The Hall–Kier alpha value is -2.01. The molecule has 1 N–H and O–H groups in total. The van der Waals surface area contributed by atoms with Gasteiger partial charge in [-0.3, -0.25) is 4.90 Å². The zero-order valence-electron chi connectivity index (χ0n) is 15.1. The summed E-state index contributed by atoms with van der Waals surface area (Å²) >= 11 is 1.62. The van der Waals surface area contributed by atoms with Crippen LogP contribution in [-0.2, 0) is 12.1 Å². The number of thiazole rings is 1. The van der Waals surface area contributed by atoms with Crippen molar-refractivity contribution < 1.29 is 5.11 Å². The van der Waals surface area contributed by atoms with Crippen LogP contribution in [0, 0.1) is 6.92 Å². The molecule has 0 unspecified atom stereocenters. The molecule has 1 aliphatic heterocycles. The predicted octanol–water partition coefficient (Wildman–Crippen LogP) is 4.60. The minimum absolute atomic E-state index is 0.737. The van der Waals surface area contributed by atoms with Crippen molar-refractivity contribution in [2.75, 3.05) is 13.1 Å². The smallest absolute Gasteiger partial charge is 0.125 e. The second-order valence-electron chi connectivity index (χ2n) is 7.19. The second-order valence-corrected chi connectivity index (χ2v) is 8.22. The summed E-state index contributed by atoms with van der Waals surface area (Å²) in [5.41, 5.74) is 2.96. The highest BCUT2D eigenvalue weighted by Gasteiger charge is 2.36. The van der Waals surface area contributed by atoms with Crippen LogP contribution in [0.1, 0.15) is 29.0 Å². The molecule has 0 amide bonds. The van der Waals surface area contributed by atoms with E-state index in [1.165, 1.54) is 16.7 Å². The lowest BCUT2D eigenvalue weighted by Gasteiger charge is -2.37. The standard InChI is InChI=1S/C22H24N2OS/c1-17-7-9-19(10-8-17)20-15-23-21(26-20)22(25)11-13-24(14-12-22)16-18-5-3-2-4-6-18/h2-10,15,25H,11-14,16H2,1H3. The van der Waals surface area contributed by atoms with Gasteiger partial charge in [0.1, 0.15) is 10.6 Å². The minimum atomic E-state index is -0.791. The number of likely N-dealkylation sites (tertiary alicyclic amines) is 1. The molecule has 0 aliphatic carbocycles. The average molecular weight is 365 g/mol. The Bertz CT molecular complexity index is 849. The van der Waals surface area contributed by atoms with E-state index in [0.717, 1.165) is 42.4 Å². The first-order chi connectivity index (χ1) is 12.6. The van der Waals surface area contributed by atoms with E-state index in [1.54, 1.807) is 11.3 Å². The van der Waals surface area contributed by atoms with Gasteiger partial charge in [-0.1, -0.05) is 60.2 Å². The Morgan fingerprint density at radius 1 is 1.04 bits per heavy atom.